The van der Waals surface area contributed by atoms with Gasteiger partial charge in [-0.25, -0.2) is 0 Å². The van der Waals surface area contributed by atoms with Crippen LogP contribution in [-0.2, 0) is 4.74 Å². The van der Waals surface area contributed by atoms with Crippen molar-refractivity contribution in [3.8, 4) is 5.75 Å². The third kappa shape index (κ3) is 5.59. The molecule has 2 fully saturated rings. The molecule has 2 aliphatic heterocycles. The van der Waals surface area contributed by atoms with Gasteiger partial charge in [-0.2, -0.15) is 0 Å². The number of para-hydroxylation sites is 1. The minimum Gasteiger partial charge on any atom is -0.496 e. The zero-order chi connectivity index (χ0) is 18.9. The smallest absolute Gasteiger partial charge is 0.191 e. The van der Waals surface area contributed by atoms with E-state index in [0.29, 0.717) is 6.10 Å². The van der Waals surface area contributed by atoms with Crippen LogP contribution >= 0.6 is 0 Å². The molecule has 0 saturated carbocycles. The van der Waals surface area contributed by atoms with Gasteiger partial charge in [-0.05, 0) is 44.8 Å². The van der Waals surface area contributed by atoms with Crippen LogP contribution in [0.25, 0.3) is 0 Å². The van der Waals surface area contributed by atoms with E-state index >= 15 is 0 Å². The van der Waals surface area contributed by atoms with Crippen LogP contribution in [-0.4, -0.2) is 63.9 Å². The molecule has 0 spiro atoms. The monoisotopic (exact) mass is 374 g/mol. The van der Waals surface area contributed by atoms with Crippen LogP contribution < -0.4 is 15.4 Å². The van der Waals surface area contributed by atoms with Gasteiger partial charge in [0.1, 0.15) is 5.75 Å². The summed E-state index contributed by atoms with van der Waals surface area (Å²) in [6.07, 6.45) is 6.43. The van der Waals surface area contributed by atoms with Gasteiger partial charge in [-0.15, -0.1) is 0 Å². The summed E-state index contributed by atoms with van der Waals surface area (Å²) in [6, 6.07) is 8.63. The van der Waals surface area contributed by atoms with Crippen molar-refractivity contribution in [2.24, 2.45) is 4.99 Å². The van der Waals surface area contributed by atoms with E-state index in [4.69, 9.17) is 9.47 Å². The minimum atomic E-state index is 0.266. The number of nitrogens with zero attached hydrogens (tertiary/aromatic N) is 2. The Morgan fingerprint density at radius 1 is 1.22 bits per heavy atom. The molecule has 0 bridgehead atoms. The lowest BCUT2D eigenvalue weighted by Crippen LogP contribution is -2.46. The summed E-state index contributed by atoms with van der Waals surface area (Å²) in [7, 11) is 3.57. The highest BCUT2D eigenvalue weighted by Crippen LogP contribution is 2.30. The van der Waals surface area contributed by atoms with Gasteiger partial charge in [0.2, 0.25) is 0 Å². The predicted octanol–water partition coefficient (Wildman–Crippen LogP) is 2.57. The Labute approximate surface area is 163 Å². The average molecular weight is 375 g/mol. The van der Waals surface area contributed by atoms with E-state index in [0.717, 1.165) is 57.3 Å². The second-order valence-corrected chi connectivity index (χ2v) is 7.32. The molecule has 0 aliphatic carbocycles. The molecule has 2 N–H and O–H groups in total. The zero-order valence-electron chi connectivity index (χ0n) is 16.7. The average Bonchev–Trinajstić information content (AvgIpc) is 3.25. The van der Waals surface area contributed by atoms with E-state index in [1.54, 1.807) is 7.11 Å². The number of aliphatic imine (C=N–C) groups is 1. The van der Waals surface area contributed by atoms with E-state index in [9.17, 15) is 0 Å². The van der Waals surface area contributed by atoms with Crippen LogP contribution in [0.15, 0.2) is 29.3 Å². The van der Waals surface area contributed by atoms with Gasteiger partial charge >= 0.3 is 0 Å². The number of methoxy groups -OCH3 is 1. The van der Waals surface area contributed by atoms with Crippen LogP contribution in [0.1, 0.15) is 43.7 Å². The number of rotatable bonds is 7. The molecule has 1 aromatic carbocycles. The molecule has 3 rings (SSSR count). The van der Waals surface area contributed by atoms with E-state index in [2.05, 4.69) is 38.7 Å². The molecule has 0 amide bonds. The number of likely N-dealkylation sites (tertiary alicyclic amines) is 1. The van der Waals surface area contributed by atoms with E-state index in [1.807, 2.05) is 13.1 Å². The van der Waals surface area contributed by atoms with Crippen LogP contribution in [0.3, 0.4) is 0 Å². The maximum absolute atomic E-state index is 5.70. The first-order valence-electron chi connectivity index (χ1n) is 10.2. The fourth-order valence-corrected chi connectivity index (χ4v) is 4.04. The summed E-state index contributed by atoms with van der Waals surface area (Å²) < 4.78 is 11.3. The Hall–Kier alpha value is -1.79. The van der Waals surface area contributed by atoms with Gasteiger partial charge in [0.15, 0.2) is 5.96 Å². The number of hydrogen-bond donors (Lipinski definition) is 2. The summed E-state index contributed by atoms with van der Waals surface area (Å²) in [4.78, 5) is 6.96. The van der Waals surface area contributed by atoms with Crippen molar-refractivity contribution in [1.29, 1.82) is 0 Å². The third-order valence-corrected chi connectivity index (χ3v) is 5.54. The summed E-state index contributed by atoms with van der Waals surface area (Å²) in [6.45, 7) is 4.75. The van der Waals surface area contributed by atoms with Gasteiger partial charge in [-0.3, -0.25) is 9.89 Å². The minimum absolute atomic E-state index is 0.266. The van der Waals surface area contributed by atoms with Crippen molar-refractivity contribution < 1.29 is 9.47 Å². The molecule has 1 aromatic rings. The lowest BCUT2D eigenvalue weighted by molar-refractivity contribution is 0.113. The van der Waals surface area contributed by atoms with Crippen LogP contribution in [0.5, 0.6) is 5.75 Å². The molecule has 2 aliphatic rings. The Balaban J connectivity index is 1.65. The number of hydrogen-bond acceptors (Lipinski definition) is 4. The highest BCUT2D eigenvalue weighted by molar-refractivity contribution is 5.79. The summed E-state index contributed by atoms with van der Waals surface area (Å²) in [5, 5.41) is 6.94. The number of piperidine rings is 1. The molecule has 0 radical (unpaired) electrons. The van der Waals surface area contributed by atoms with Crippen molar-refractivity contribution >= 4 is 5.96 Å². The standard InChI is InChI=1S/C21H34N4O2/c1-22-21(23-15-17-9-8-14-27-17)24-16-19(25-12-6-3-7-13-25)18-10-4-5-11-20(18)26-2/h4-5,10-11,17,19H,3,6-9,12-16H2,1-2H3,(H2,22,23,24). The maximum Gasteiger partial charge on any atom is 0.191 e. The normalized spacial score (nSPS) is 22.4. The van der Waals surface area contributed by atoms with Gasteiger partial charge in [0, 0.05) is 32.3 Å². The van der Waals surface area contributed by atoms with E-state index < -0.39 is 0 Å². The van der Waals surface area contributed by atoms with Crippen LogP contribution in [0, 0.1) is 0 Å². The number of guanidine groups is 1. The second-order valence-electron chi connectivity index (χ2n) is 7.32. The lowest BCUT2D eigenvalue weighted by Gasteiger charge is -2.36. The fraction of sp³-hybridized carbons (Fsp3) is 0.667. The Morgan fingerprint density at radius 2 is 2.04 bits per heavy atom. The Bertz CT molecular complexity index is 596. The molecule has 27 heavy (non-hydrogen) atoms. The highest BCUT2D eigenvalue weighted by atomic mass is 16.5. The van der Waals surface area contributed by atoms with Crippen molar-refractivity contribution in [1.82, 2.24) is 15.5 Å². The van der Waals surface area contributed by atoms with Crippen molar-refractivity contribution in [3.05, 3.63) is 29.8 Å². The van der Waals surface area contributed by atoms with E-state index in [-0.39, 0.29) is 6.04 Å². The lowest BCUT2D eigenvalue weighted by atomic mass is 10.0. The number of nitrogens with one attached hydrogen (secondary N) is 2. The molecular weight excluding hydrogens is 340 g/mol. The molecule has 0 aromatic heterocycles. The molecule has 6 nitrogen and oxygen atoms in total. The fourth-order valence-electron chi connectivity index (χ4n) is 4.04. The van der Waals surface area contributed by atoms with Crippen molar-refractivity contribution in [2.45, 2.75) is 44.2 Å². The first kappa shape index (κ1) is 20.0. The Morgan fingerprint density at radius 3 is 2.74 bits per heavy atom. The van der Waals surface area contributed by atoms with Gasteiger partial charge in [0.05, 0.1) is 19.3 Å². The molecule has 2 heterocycles. The molecule has 6 heteroatoms. The highest BCUT2D eigenvalue weighted by Gasteiger charge is 2.25. The molecule has 2 saturated heterocycles. The quantitative estimate of drug-likeness (QED) is 0.567. The zero-order valence-corrected chi connectivity index (χ0v) is 16.7. The number of benzene rings is 1. The second kappa shape index (κ2) is 10.5. The van der Waals surface area contributed by atoms with Gasteiger partial charge in [-0.1, -0.05) is 24.6 Å². The third-order valence-electron chi connectivity index (χ3n) is 5.54. The summed E-state index contributed by atoms with van der Waals surface area (Å²) in [5.41, 5.74) is 1.24. The molecule has 150 valence electrons. The first-order chi connectivity index (χ1) is 13.3. The largest absolute Gasteiger partial charge is 0.496 e. The Kier molecular flexibility index (Phi) is 7.78. The van der Waals surface area contributed by atoms with Crippen molar-refractivity contribution in [2.75, 3.05) is 46.9 Å². The molecule has 2 unspecified atom stereocenters. The number of ether oxygens (including phenoxy) is 2. The first-order valence-corrected chi connectivity index (χ1v) is 10.2. The van der Waals surface area contributed by atoms with Crippen LogP contribution in [0.2, 0.25) is 0 Å². The topological polar surface area (TPSA) is 58.1 Å². The van der Waals surface area contributed by atoms with E-state index in [1.165, 1.54) is 24.8 Å². The molecule has 2 atom stereocenters. The summed E-state index contributed by atoms with van der Waals surface area (Å²) in [5.74, 6) is 1.79. The SMILES string of the molecule is CN=C(NCC1CCCO1)NCC(c1ccccc1OC)N1CCCCC1. The summed E-state index contributed by atoms with van der Waals surface area (Å²) >= 11 is 0. The van der Waals surface area contributed by atoms with Crippen LogP contribution in [0.4, 0.5) is 0 Å². The van der Waals surface area contributed by atoms with Gasteiger partial charge in [0.25, 0.3) is 0 Å². The van der Waals surface area contributed by atoms with Crippen molar-refractivity contribution in [3.63, 3.8) is 0 Å². The van der Waals surface area contributed by atoms with Gasteiger partial charge < -0.3 is 20.1 Å². The molecular formula is C21H34N4O2. The maximum atomic E-state index is 5.70. The predicted molar refractivity (Wildman–Crippen MR) is 109 cm³/mol.